The average molecular weight is 305 g/mol. The second-order valence-corrected chi connectivity index (χ2v) is 5.10. The first-order valence-corrected chi connectivity index (χ1v) is 6.88. The first-order valence-electron chi connectivity index (χ1n) is 6.50. The Kier molecular flexibility index (Phi) is 5.20. The third-order valence-electron chi connectivity index (χ3n) is 3.01. The van der Waals surface area contributed by atoms with E-state index in [4.69, 9.17) is 22.1 Å². The van der Waals surface area contributed by atoms with Crippen molar-refractivity contribution in [1.82, 2.24) is 5.32 Å². The number of nitrogens with two attached hydrogens (primary N) is 1. The lowest BCUT2D eigenvalue weighted by Gasteiger charge is -2.09. The number of amides is 1. The Morgan fingerprint density at radius 3 is 2.71 bits per heavy atom. The van der Waals surface area contributed by atoms with Crippen LogP contribution in [0.2, 0.25) is 5.02 Å². The number of nitrogen functional groups attached to an aromatic ring is 1. The zero-order valence-electron chi connectivity index (χ0n) is 11.7. The molecule has 2 aromatic carbocycles. The summed E-state index contributed by atoms with van der Waals surface area (Å²) in [6.07, 6.45) is 0. The van der Waals surface area contributed by atoms with Crippen LogP contribution in [-0.2, 0) is 17.9 Å². The Balaban J connectivity index is 2.02. The van der Waals surface area contributed by atoms with Gasteiger partial charge in [-0.05, 0) is 29.3 Å². The molecule has 2 rings (SSSR count). The maximum Gasteiger partial charge on any atom is 0.253 e. The van der Waals surface area contributed by atoms with Crippen molar-refractivity contribution < 1.29 is 9.53 Å². The molecule has 0 saturated carbocycles. The van der Waals surface area contributed by atoms with Gasteiger partial charge in [-0.1, -0.05) is 35.9 Å². The number of rotatable bonds is 5. The molecule has 0 spiro atoms. The maximum atomic E-state index is 12.1. The highest BCUT2D eigenvalue weighted by Gasteiger charge is 2.09. The van der Waals surface area contributed by atoms with Crippen LogP contribution in [0.3, 0.4) is 0 Å². The number of carbonyl (C=O) groups is 1. The molecule has 0 atom stereocenters. The highest BCUT2D eigenvalue weighted by atomic mass is 35.5. The van der Waals surface area contributed by atoms with Crippen LogP contribution in [0.15, 0.2) is 42.5 Å². The minimum Gasteiger partial charge on any atom is -0.398 e. The third-order valence-corrected chi connectivity index (χ3v) is 3.25. The molecular formula is C16H17ClN2O2. The minimum atomic E-state index is -0.221. The smallest absolute Gasteiger partial charge is 0.253 e. The Bertz CT molecular complexity index is 644. The van der Waals surface area contributed by atoms with Gasteiger partial charge in [-0.25, -0.2) is 0 Å². The summed E-state index contributed by atoms with van der Waals surface area (Å²) in [5.41, 5.74) is 8.66. The quantitative estimate of drug-likeness (QED) is 0.835. The molecule has 21 heavy (non-hydrogen) atoms. The lowest BCUT2D eigenvalue weighted by Crippen LogP contribution is -2.23. The molecule has 0 aliphatic rings. The molecule has 4 nitrogen and oxygen atoms in total. The van der Waals surface area contributed by atoms with Gasteiger partial charge in [0.05, 0.1) is 12.2 Å². The number of hydrogen-bond donors (Lipinski definition) is 2. The fraction of sp³-hybridized carbons (Fsp3) is 0.188. The van der Waals surface area contributed by atoms with Crippen LogP contribution >= 0.6 is 11.6 Å². The van der Waals surface area contributed by atoms with Crippen LogP contribution in [0.1, 0.15) is 21.5 Å². The zero-order chi connectivity index (χ0) is 15.2. The molecule has 0 aliphatic heterocycles. The third kappa shape index (κ3) is 4.21. The highest BCUT2D eigenvalue weighted by Crippen LogP contribution is 2.18. The molecule has 0 unspecified atom stereocenters. The topological polar surface area (TPSA) is 64.3 Å². The van der Waals surface area contributed by atoms with E-state index in [1.165, 1.54) is 0 Å². The standard InChI is InChI=1S/C16H17ClN2O2/c1-21-10-12-4-2-3-11(7-12)9-19-16(20)14-6-5-13(17)8-15(14)18/h2-8H,9-10,18H2,1H3,(H,19,20). The summed E-state index contributed by atoms with van der Waals surface area (Å²) in [4.78, 5) is 12.1. The van der Waals surface area contributed by atoms with Gasteiger partial charge in [0.2, 0.25) is 0 Å². The summed E-state index contributed by atoms with van der Waals surface area (Å²) in [5.74, 6) is -0.221. The van der Waals surface area contributed by atoms with Crippen molar-refractivity contribution in [2.75, 3.05) is 12.8 Å². The molecule has 0 fully saturated rings. The number of anilines is 1. The SMILES string of the molecule is COCc1cccc(CNC(=O)c2ccc(Cl)cc2N)c1. The van der Waals surface area contributed by atoms with E-state index in [1.54, 1.807) is 25.3 Å². The highest BCUT2D eigenvalue weighted by molar-refractivity contribution is 6.31. The Hall–Kier alpha value is -2.04. The molecule has 1 amide bonds. The van der Waals surface area contributed by atoms with Gasteiger partial charge in [0.1, 0.15) is 0 Å². The molecular weight excluding hydrogens is 288 g/mol. The van der Waals surface area contributed by atoms with E-state index in [0.29, 0.717) is 29.4 Å². The van der Waals surface area contributed by atoms with Gasteiger partial charge in [-0.15, -0.1) is 0 Å². The van der Waals surface area contributed by atoms with Crippen LogP contribution in [0.5, 0.6) is 0 Å². The van der Waals surface area contributed by atoms with Gasteiger partial charge in [0.25, 0.3) is 5.91 Å². The van der Waals surface area contributed by atoms with Gasteiger partial charge >= 0.3 is 0 Å². The Morgan fingerprint density at radius 1 is 1.24 bits per heavy atom. The van der Waals surface area contributed by atoms with E-state index in [-0.39, 0.29) is 5.91 Å². The number of methoxy groups -OCH3 is 1. The Morgan fingerprint density at radius 2 is 2.00 bits per heavy atom. The van der Waals surface area contributed by atoms with Crippen molar-refractivity contribution in [2.45, 2.75) is 13.2 Å². The van der Waals surface area contributed by atoms with Crippen LogP contribution in [0.25, 0.3) is 0 Å². The monoisotopic (exact) mass is 304 g/mol. The van der Waals surface area contributed by atoms with Gasteiger partial charge in [-0.3, -0.25) is 4.79 Å². The number of carbonyl (C=O) groups excluding carboxylic acids is 1. The van der Waals surface area contributed by atoms with Crippen molar-refractivity contribution in [2.24, 2.45) is 0 Å². The maximum absolute atomic E-state index is 12.1. The molecule has 0 bridgehead atoms. The molecule has 5 heteroatoms. The van der Waals surface area contributed by atoms with E-state index in [9.17, 15) is 4.79 Å². The molecule has 3 N–H and O–H groups in total. The summed E-state index contributed by atoms with van der Waals surface area (Å²) in [6.45, 7) is 0.977. The minimum absolute atomic E-state index is 0.221. The number of halogens is 1. The molecule has 0 aromatic heterocycles. The van der Waals surface area contributed by atoms with Gasteiger partial charge in [0, 0.05) is 24.4 Å². The summed E-state index contributed by atoms with van der Waals surface area (Å²) in [5, 5.41) is 3.35. The van der Waals surface area contributed by atoms with Crippen molar-refractivity contribution in [3.63, 3.8) is 0 Å². The first-order chi connectivity index (χ1) is 10.1. The summed E-state index contributed by atoms with van der Waals surface area (Å²) >= 11 is 5.82. The molecule has 2 aromatic rings. The number of nitrogens with one attached hydrogen (secondary N) is 1. The number of hydrogen-bond acceptors (Lipinski definition) is 3. The largest absolute Gasteiger partial charge is 0.398 e. The van der Waals surface area contributed by atoms with Gasteiger partial charge in [-0.2, -0.15) is 0 Å². The molecule has 0 heterocycles. The summed E-state index contributed by atoms with van der Waals surface area (Å²) in [6, 6.07) is 12.7. The predicted molar refractivity (Wildman–Crippen MR) is 84.2 cm³/mol. The molecule has 0 radical (unpaired) electrons. The van der Waals surface area contributed by atoms with Gasteiger partial charge in [0.15, 0.2) is 0 Å². The lowest BCUT2D eigenvalue weighted by molar-refractivity contribution is 0.0952. The van der Waals surface area contributed by atoms with Crippen molar-refractivity contribution in [3.8, 4) is 0 Å². The number of ether oxygens (including phenoxy) is 1. The van der Waals surface area contributed by atoms with Crippen LogP contribution in [0.4, 0.5) is 5.69 Å². The van der Waals surface area contributed by atoms with E-state index in [2.05, 4.69) is 5.32 Å². The molecule has 0 aliphatic carbocycles. The van der Waals surface area contributed by atoms with E-state index < -0.39 is 0 Å². The zero-order valence-corrected chi connectivity index (χ0v) is 12.5. The van der Waals surface area contributed by atoms with Crippen LogP contribution in [-0.4, -0.2) is 13.0 Å². The van der Waals surface area contributed by atoms with E-state index in [1.807, 2.05) is 24.3 Å². The summed E-state index contributed by atoms with van der Waals surface area (Å²) in [7, 11) is 1.65. The number of benzene rings is 2. The van der Waals surface area contributed by atoms with Gasteiger partial charge < -0.3 is 15.8 Å². The van der Waals surface area contributed by atoms with Crippen LogP contribution < -0.4 is 11.1 Å². The fourth-order valence-corrected chi connectivity index (χ4v) is 2.19. The van der Waals surface area contributed by atoms with Crippen molar-refractivity contribution in [1.29, 1.82) is 0 Å². The average Bonchev–Trinajstić information content (AvgIpc) is 2.45. The van der Waals surface area contributed by atoms with E-state index in [0.717, 1.165) is 11.1 Å². The predicted octanol–water partition coefficient (Wildman–Crippen LogP) is 3.00. The lowest BCUT2D eigenvalue weighted by atomic mass is 10.1. The van der Waals surface area contributed by atoms with Crippen molar-refractivity contribution >= 4 is 23.2 Å². The summed E-state index contributed by atoms with van der Waals surface area (Å²) < 4.78 is 5.09. The second-order valence-electron chi connectivity index (χ2n) is 4.67. The molecule has 0 saturated heterocycles. The van der Waals surface area contributed by atoms with E-state index >= 15 is 0 Å². The fourth-order valence-electron chi connectivity index (χ4n) is 2.01. The van der Waals surface area contributed by atoms with Crippen molar-refractivity contribution in [3.05, 3.63) is 64.2 Å². The molecule has 110 valence electrons. The Labute approximate surface area is 128 Å². The van der Waals surface area contributed by atoms with Crippen LogP contribution in [0, 0.1) is 0 Å². The first kappa shape index (κ1) is 15.4. The normalized spacial score (nSPS) is 10.4. The second kappa shape index (κ2) is 7.11.